The minimum atomic E-state index is -1.23. The van der Waals surface area contributed by atoms with Crippen molar-refractivity contribution in [3.8, 4) is 0 Å². The number of pyridine rings is 1. The first-order chi connectivity index (χ1) is 15.9. The van der Waals surface area contributed by atoms with Crippen molar-refractivity contribution in [2.75, 3.05) is 6.61 Å². The number of hydrogen-bond donors (Lipinski definition) is 2. The average Bonchev–Trinajstić information content (AvgIpc) is 3.16. The summed E-state index contributed by atoms with van der Waals surface area (Å²) in [6.07, 6.45) is 15.3. The summed E-state index contributed by atoms with van der Waals surface area (Å²) in [5.41, 5.74) is 4.72. The SMILES string of the molecule is C[C@]12CC[C@H](C(CCO)OC(=O)O)CC1=CC[C@@H]1[C@@H]2CC[C@]2(C)C(c3cccnc3)=CC[C@@H]12. The molecule has 2 N–H and O–H groups in total. The van der Waals surface area contributed by atoms with Crippen molar-refractivity contribution >= 4 is 11.7 Å². The van der Waals surface area contributed by atoms with Crippen molar-refractivity contribution in [2.24, 2.45) is 34.5 Å². The molecular weight excluding hydrogens is 414 g/mol. The number of fused-ring (bicyclic) bond motifs is 5. The van der Waals surface area contributed by atoms with E-state index < -0.39 is 12.3 Å². The Hall–Kier alpha value is -2.14. The molecule has 2 fully saturated rings. The van der Waals surface area contributed by atoms with Gasteiger partial charge in [-0.2, -0.15) is 0 Å². The maximum absolute atomic E-state index is 11.2. The molecule has 1 aromatic heterocycles. The molecule has 0 aliphatic heterocycles. The highest BCUT2D eigenvalue weighted by Crippen LogP contribution is 2.66. The van der Waals surface area contributed by atoms with Crippen LogP contribution in [0, 0.1) is 34.5 Å². The predicted molar refractivity (Wildman–Crippen MR) is 127 cm³/mol. The van der Waals surface area contributed by atoms with Crippen LogP contribution in [0.3, 0.4) is 0 Å². The maximum atomic E-state index is 11.2. The van der Waals surface area contributed by atoms with Crippen LogP contribution in [0.5, 0.6) is 0 Å². The minimum Gasteiger partial charge on any atom is -0.450 e. The molecular formula is C28H37NO4. The lowest BCUT2D eigenvalue weighted by Crippen LogP contribution is -2.50. The van der Waals surface area contributed by atoms with Crippen molar-refractivity contribution < 1.29 is 19.7 Å². The van der Waals surface area contributed by atoms with Gasteiger partial charge in [0.05, 0.1) is 0 Å². The highest BCUT2D eigenvalue weighted by Gasteiger charge is 2.57. The molecule has 0 amide bonds. The standard InChI is InChI=1S/C28H37NO4/c1-27-12-9-18(25(11-15-30)33-26(31)32)16-20(27)5-6-21-23-8-7-22(19-4-3-14-29-17-19)28(23,2)13-10-24(21)27/h3-5,7,14,17-18,21,23-25,30H,6,8-13,15-16H2,1-2H3,(H,31,32)/t18-,21-,23-,24-,25?,27-,28+/m0/s1. The molecule has 0 saturated heterocycles. The molecule has 0 aromatic carbocycles. The number of aliphatic hydroxyl groups excluding tert-OH is 1. The van der Waals surface area contributed by atoms with E-state index in [-0.39, 0.29) is 23.4 Å². The topological polar surface area (TPSA) is 79.7 Å². The fourth-order valence-corrected chi connectivity index (χ4v) is 8.19. The number of carboxylic acid groups (broad SMARTS) is 1. The van der Waals surface area contributed by atoms with Gasteiger partial charge in [-0.25, -0.2) is 4.79 Å². The molecule has 5 rings (SSSR count). The summed E-state index contributed by atoms with van der Waals surface area (Å²) in [7, 11) is 0. The summed E-state index contributed by atoms with van der Waals surface area (Å²) in [5.74, 6) is 2.23. The summed E-state index contributed by atoms with van der Waals surface area (Å²) in [5, 5.41) is 18.6. The van der Waals surface area contributed by atoms with Crippen LogP contribution in [0.2, 0.25) is 0 Å². The highest BCUT2D eigenvalue weighted by molar-refractivity contribution is 5.72. The molecule has 4 aliphatic carbocycles. The van der Waals surface area contributed by atoms with E-state index in [2.05, 4.69) is 37.0 Å². The Bertz CT molecular complexity index is 956. The second-order valence-corrected chi connectivity index (χ2v) is 11.2. The lowest BCUT2D eigenvalue weighted by atomic mass is 9.46. The summed E-state index contributed by atoms with van der Waals surface area (Å²) in [4.78, 5) is 15.6. The predicted octanol–water partition coefficient (Wildman–Crippen LogP) is 6.10. The number of nitrogens with zero attached hydrogens (tertiary/aromatic N) is 1. The molecule has 1 heterocycles. The van der Waals surface area contributed by atoms with E-state index in [1.54, 1.807) is 0 Å². The summed E-state index contributed by atoms with van der Waals surface area (Å²) in [6.45, 7) is 4.92. The van der Waals surface area contributed by atoms with Gasteiger partial charge in [-0.3, -0.25) is 4.98 Å². The first kappa shape index (κ1) is 22.6. The van der Waals surface area contributed by atoms with Gasteiger partial charge >= 0.3 is 6.16 Å². The largest absolute Gasteiger partial charge is 0.506 e. The van der Waals surface area contributed by atoms with Gasteiger partial charge in [0.25, 0.3) is 0 Å². The number of rotatable bonds is 5. The molecule has 178 valence electrons. The highest BCUT2D eigenvalue weighted by atomic mass is 16.7. The van der Waals surface area contributed by atoms with Gasteiger partial charge in [0.2, 0.25) is 0 Å². The van der Waals surface area contributed by atoms with E-state index >= 15 is 0 Å². The van der Waals surface area contributed by atoms with Crippen LogP contribution in [-0.2, 0) is 4.74 Å². The first-order valence-corrected chi connectivity index (χ1v) is 12.7. The third-order valence-corrected chi connectivity index (χ3v) is 9.89. The van der Waals surface area contributed by atoms with Gasteiger partial charge in [0.15, 0.2) is 0 Å². The summed E-state index contributed by atoms with van der Waals surface area (Å²) >= 11 is 0. The van der Waals surface area contributed by atoms with Gasteiger partial charge in [0, 0.05) is 25.4 Å². The van der Waals surface area contributed by atoms with Crippen molar-refractivity contribution in [1.29, 1.82) is 0 Å². The molecule has 0 bridgehead atoms. The lowest BCUT2D eigenvalue weighted by Gasteiger charge is -2.58. The van der Waals surface area contributed by atoms with Crippen LogP contribution in [0.4, 0.5) is 4.79 Å². The smallest absolute Gasteiger partial charge is 0.450 e. The Morgan fingerprint density at radius 2 is 2.00 bits per heavy atom. The number of ether oxygens (including phenoxy) is 1. The number of allylic oxidation sites excluding steroid dienone is 4. The molecule has 0 spiro atoms. The van der Waals surface area contributed by atoms with E-state index in [4.69, 9.17) is 9.84 Å². The summed E-state index contributed by atoms with van der Waals surface area (Å²) in [6, 6.07) is 4.26. The Balaban J connectivity index is 1.37. The molecule has 2 saturated carbocycles. The summed E-state index contributed by atoms with van der Waals surface area (Å²) < 4.78 is 5.19. The fourth-order valence-electron chi connectivity index (χ4n) is 8.19. The van der Waals surface area contributed by atoms with Gasteiger partial charge < -0.3 is 14.9 Å². The number of aromatic nitrogens is 1. The normalized spacial score (nSPS) is 38.3. The van der Waals surface area contributed by atoms with E-state index in [0.717, 1.165) is 32.1 Å². The number of hydrogen-bond acceptors (Lipinski definition) is 4. The molecule has 1 unspecified atom stereocenters. The lowest BCUT2D eigenvalue weighted by molar-refractivity contribution is -0.0342. The van der Waals surface area contributed by atoms with Crippen LogP contribution in [0.25, 0.3) is 5.57 Å². The molecule has 33 heavy (non-hydrogen) atoms. The minimum absolute atomic E-state index is 0.0397. The molecule has 7 atom stereocenters. The Morgan fingerprint density at radius 1 is 1.18 bits per heavy atom. The average molecular weight is 452 g/mol. The second kappa shape index (κ2) is 8.57. The van der Waals surface area contributed by atoms with Crippen LogP contribution >= 0.6 is 0 Å². The zero-order chi connectivity index (χ0) is 23.2. The molecule has 5 nitrogen and oxygen atoms in total. The van der Waals surface area contributed by atoms with Crippen LogP contribution in [0.15, 0.2) is 42.3 Å². The number of aliphatic hydroxyl groups is 1. The second-order valence-electron chi connectivity index (χ2n) is 11.2. The van der Waals surface area contributed by atoms with Gasteiger partial charge in [-0.15, -0.1) is 0 Å². The van der Waals surface area contributed by atoms with Crippen molar-refractivity contribution in [1.82, 2.24) is 4.98 Å². The van der Waals surface area contributed by atoms with Crippen LogP contribution in [0.1, 0.15) is 70.8 Å². The molecule has 5 heteroatoms. The zero-order valence-corrected chi connectivity index (χ0v) is 19.9. The third-order valence-electron chi connectivity index (χ3n) is 9.89. The monoisotopic (exact) mass is 451 g/mol. The molecule has 0 radical (unpaired) electrons. The maximum Gasteiger partial charge on any atom is 0.506 e. The Labute approximate surface area is 197 Å². The van der Waals surface area contributed by atoms with Crippen molar-refractivity contribution in [2.45, 2.75) is 71.3 Å². The third kappa shape index (κ3) is 3.73. The van der Waals surface area contributed by atoms with E-state index in [0.29, 0.717) is 24.2 Å². The van der Waals surface area contributed by atoms with Gasteiger partial charge in [-0.05, 0) is 96.7 Å². The van der Waals surface area contributed by atoms with E-state index in [1.807, 2.05) is 18.5 Å². The first-order valence-electron chi connectivity index (χ1n) is 12.7. The molecule has 1 aromatic rings. The van der Waals surface area contributed by atoms with Gasteiger partial charge in [-0.1, -0.05) is 37.6 Å². The van der Waals surface area contributed by atoms with E-state index in [1.165, 1.54) is 29.6 Å². The Kier molecular flexibility index (Phi) is 5.88. The fraction of sp³-hybridized carbons (Fsp3) is 0.643. The zero-order valence-electron chi connectivity index (χ0n) is 19.9. The van der Waals surface area contributed by atoms with E-state index in [9.17, 15) is 9.90 Å². The Morgan fingerprint density at radius 3 is 2.73 bits per heavy atom. The van der Waals surface area contributed by atoms with Crippen LogP contribution < -0.4 is 0 Å². The van der Waals surface area contributed by atoms with Crippen LogP contribution in [-0.4, -0.2) is 34.1 Å². The van der Waals surface area contributed by atoms with Gasteiger partial charge in [0.1, 0.15) is 6.10 Å². The van der Waals surface area contributed by atoms with Crippen molar-refractivity contribution in [3.63, 3.8) is 0 Å². The molecule has 4 aliphatic rings. The van der Waals surface area contributed by atoms with Crippen molar-refractivity contribution in [3.05, 3.63) is 47.8 Å². The quantitative estimate of drug-likeness (QED) is 0.418. The number of carbonyl (C=O) groups is 1.